The van der Waals surface area contributed by atoms with Crippen molar-refractivity contribution in [2.45, 2.75) is 6.42 Å². The molecule has 0 bridgehead atoms. The number of benzene rings is 1. The lowest BCUT2D eigenvalue weighted by Crippen LogP contribution is -2.50. The second-order valence-electron chi connectivity index (χ2n) is 4.85. The van der Waals surface area contributed by atoms with Crippen LogP contribution < -0.4 is 0 Å². The van der Waals surface area contributed by atoms with E-state index in [1.807, 2.05) is 6.07 Å². The van der Waals surface area contributed by atoms with Crippen LogP contribution >= 0.6 is 0 Å². The van der Waals surface area contributed by atoms with Crippen molar-refractivity contribution in [2.75, 3.05) is 19.7 Å². The van der Waals surface area contributed by atoms with E-state index in [1.165, 1.54) is 6.08 Å². The topological polar surface area (TPSA) is 66.8 Å². The van der Waals surface area contributed by atoms with Crippen LogP contribution in [-0.4, -0.2) is 41.8 Å². The third kappa shape index (κ3) is 3.38. The molecule has 1 aromatic carbocycles. The number of hydrogen-bond donors (Lipinski definition) is 1. The number of ether oxygens (including phenoxy) is 1. The van der Waals surface area contributed by atoms with Crippen molar-refractivity contribution in [3.8, 4) is 0 Å². The van der Waals surface area contributed by atoms with Gasteiger partial charge in [-0.1, -0.05) is 24.8 Å². The minimum Gasteiger partial charge on any atom is -0.478 e. The number of carboxylic acids is 1. The van der Waals surface area contributed by atoms with Crippen LogP contribution in [-0.2, 0) is 11.2 Å². The molecule has 106 valence electrons. The molecule has 1 saturated heterocycles. The minimum atomic E-state index is -0.921. The zero-order chi connectivity index (χ0) is 14.5. The third-order valence-electron chi connectivity index (χ3n) is 3.24. The van der Waals surface area contributed by atoms with Crippen LogP contribution in [0.2, 0.25) is 0 Å². The van der Waals surface area contributed by atoms with E-state index in [-0.39, 0.29) is 12.7 Å². The monoisotopic (exact) mass is 275 g/mol. The van der Waals surface area contributed by atoms with Crippen LogP contribution in [0.4, 0.5) is 4.79 Å². The molecule has 1 amide bonds. The van der Waals surface area contributed by atoms with Crippen molar-refractivity contribution >= 4 is 12.1 Å². The van der Waals surface area contributed by atoms with Crippen LogP contribution in [0.3, 0.4) is 0 Å². The number of carbonyl (C=O) groups is 2. The zero-order valence-corrected chi connectivity index (χ0v) is 11.1. The Morgan fingerprint density at radius 2 is 2.20 bits per heavy atom. The average molecular weight is 275 g/mol. The fraction of sp³-hybridized carbons (Fsp3) is 0.333. The summed E-state index contributed by atoms with van der Waals surface area (Å²) in [6.07, 6.45) is 1.99. The predicted octanol–water partition coefficient (Wildman–Crippen LogP) is 2.18. The van der Waals surface area contributed by atoms with E-state index in [0.29, 0.717) is 24.6 Å². The fourth-order valence-electron chi connectivity index (χ4n) is 2.23. The van der Waals surface area contributed by atoms with Gasteiger partial charge in [-0.05, 0) is 30.0 Å². The van der Waals surface area contributed by atoms with Crippen molar-refractivity contribution in [3.05, 3.63) is 48.0 Å². The number of hydrogen-bond acceptors (Lipinski definition) is 3. The smallest absolute Gasteiger partial charge is 0.410 e. The van der Waals surface area contributed by atoms with Crippen LogP contribution in [0, 0.1) is 5.92 Å². The number of rotatable bonds is 5. The van der Waals surface area contributed by atoms with Crippen LogP contribution in [0.1, 0.15) is 15.9 Å². The molecule has 1 aliphatic rings. The highest BCUT2D eigenvalue weighted by atomic mass is 16.6. The Hall–Kier alpha value is -2.30. The Balaban J connectivity index is 1.82. The van der Waals surface area contributed by atoms with Crippen molar-refractivity contribution in [3.63, 3.8) is 0 Å². The standard InChI is InChI=1S/C15H17NO4/c1-2-6-20-15(19)16-9-12(10-16)7-11-4-3-5-13(8-11)14(17)18/h2-5,8,12H,1,6-7,9-10H2,(H,17,18). The largest absolute Gasteiger partial charge is 0.478 e. The molecule has 0 radical (unpaired) electrons. The van der Waals surface area contributed by atoms with E-state index in [1.54, 1.807) is 23.1 Å². The lowest BCUT2D eigenvalue weighted by Gasteiger charge is -2.38. The van der Waals surface area contributed by atoms with Crippen molar-refractivity contribution in [1.82, 2.24) is 4.90 Å². The van der Waals surface area contributed by atoms with Gasteiger partial charge >= 0.3 is 12.1 Å². The number of carbonyl (C=O) groups excluding carboxylic acids is 1. The summed E-state index contributed by atoms with van der Waals surface area (Å²) in [6, 6.07) is 6.91. The van der Waals surface area contributed by atoms with Gasteiger partial charge in [-0.3, -0.25) is 0 Å². The number of aromatic carboxylic acids is 1. The molecule has 0 aromatic heterocycles. The second kappa shape index (κ2) is 6.23. The van der Waals surface area contributed by atoms with Crippen molar-refractivity contribution in [1.29, 1.82) is 0 Å². The second-order valence-corrected chi connectivity index (χ2v) is 4.85. The van der Waals surface area contributed by atoms with Gasteiger partial charge in [0.05, 0.1) is 5.56 Å². The highest BCUT2D eigenvalue weighted by Gasteiger charge is 2.31. The summed E-state index contributed by atoms with van der Waals surface area (Å²) in [7, 11) is 0. The van der Waals surface area contributed by atoms with Gasteiger partial charge in [-0.2, -0.15) is 0 Å². The summed E-state index contributed by atoms with van der Waals surface area (Å²) in [6.45, 7) is 5.00. The van der Waals surface area contributed by atoms with Gasteiger partial charge in [0, 0.05) is 13.1 Å². The molecule has 1 heterocycles. The maximum absolute atomic E-state index is 11.5. The highest BCUT2D eigenvalue weighted by molar-refractivity contribution is 5.87. The Morgan fingerprint density at radius 3 is 2.85 bits per heavy atom. The van der Waals surface area contributed by atoms with Crippen molar-refractivity contribution < 1.29 is 19.4 Å². The Kier molecular flexibility index (Phi) is 4.40. The molecule has 0 aliphatic carbocycles. The normalized spacial score (nSPS) is 14.5. The SMILES string of the molecule is C=CCOC(=O)N1CC(Cc2cccc(C(=O)O)c2)C1. The van der Waals surface area contributed by atoms with Crippen LogP contribution in [0.5, 0.6) is 0 Å². The molecule has 5 nitrogen and oxygen atoms in total. The van der Waals surface area contributed by atoms with Gasteiger partial charge in [0.15, 0.2) is 0 Å². The molecule has 1 fully saturated rings. The summed E-state index contributed by atoms with van der Waals surface area (Å²) in [5.41, 5.74) is 1.28. The van der Waals surface area contributed by atoms with Gasteiger partial charge in [0.1, 0.15) is 6.61 Å². The summed E-state index contributed by atoms with van der Waals surface area (Å²) < 4.78 is 4.94. The molecule has 1 N–H and O–H groups in total. The predicted molar refractivity (Wildman–Crippen MR) is 73.7 cm³/mol. The number of likely N-dealkylation sites (tertiary alicyclic amines) is 1. The number of amides is 1. The summed E-state index contributed by atoms with van der Waals surface area (Å²) in [4.78, 5) is 24.0. The zero-order valence-electron chi connectivity index (χ0n) is 11.1. The Morgan fingerprint density at radius 1 is 1.45 bits per heavy atom. The molecule has 0 atom stereocenters. The molecular weight excluding hydrogens is 258 g/mol. The summed E-state index contributed by atoms with van der Waals surface area (Å²) >= 11 is 0. The molecule has 2 rings (SSSR count). The van der Waals surface area contributed by atoms with Gasteiger partial charge in [0.25, 0.3) is 0 Å². The van der Waals surface area contributed by atoms with Gasteiger partial charge in [0.2, 0.25) is 0 Å². The summed E-state index contributed by atoms with van der Waals surface area (Å²) in [5.74, 6) is -0.564. The molecule has 0 spiro atoms. The maximum atomic E-state index is 11.5. The van der Waals surface area contributed by atoms with Crippen molar-refractivity contribution in [2.24, 2.45) is 5.92 Å². The molecule has 1 aliphatic heterocycles. The molecule has 1 aromatic rings. The first-order valence-electron chi connectivity index (χ1n) is 6.45. The molecule has 20 heavy (non-hydrogen) atoms. The first-order chi connectivity index (χ1) is 9.60. The number of nitrogens with zero attached hydrogens (tertiary/aromatic N) is 1. The fourth-order valence-corrected chi connectivity index (χ4v) is 2.23. The summed E-state index contributed by atoms with van der Waals surface area (Å²) in [5, 5.41) is 8.93. The number of carboxylic acid groups (broad SMARTS) is 1. The third-order valence-corrected chi connectivity index (χ3v) is 3.24. The first kappa shape index (κ1) is 14.1. The molecular formula is C15H17NO4. The van der Waals surface area contributed by atoms with E-state index in [2.05, 4.69) is 6.58 Å². The Bertz CT molecular complexity index is 520. The van der Waals surface area contributed by atoms with Gasteiger partial charge in [-0.25, -0.2) is 9.59 Å². The lowest BCUT2D eigenvalue weighted by molar-refractivity contribution is 0.0604. The van der Waals surface area contributed by atoms with Gasteiger partial charge in [-0.15, -0.1) is 0 Å². The highest BCUT2D eigenvalue weighted by Crippen LogP contribution is 2.21. The van der Waals surface area contributed by atoms with Crippen LogP contribution in [0.25, 0.3) is 0 Å². The lowest BCUT2D eigenvalue weighted by atomic mass is 9.92. The minimum absolute atomic E-state index is 0.223. The maximum Gasteiger partial charge on any atom is 0.410 e. The van der Waals surface area contributed by atoms with E-state index >= 15 is 0 Å². The van der Waals surface area contributed by atoms with Crippen LogP contribution in [0.15, 0.2) is 36.9 Å². The van der Waals surface area contributed by atoms with E-state index in [9.17, 15) is 9.59 Å². The Labute approximate surface area is 117 Å². The van der Waals surface area contributed by atoms with E-state index < -0.39 is 5.97 Å². The molecule has 0 unspecified atom stereocenters. The van der Waals surface area contributed by atoms with E-state index in [0.717, 1.165) is 12.0 Å². The quantitative estimate of drug-likeness (QED) is 0.836. The average Bonchev–Trinajstić information content (AvgIpc) is 2.40. The molecule has 5 heteroatoms. The van der Waals surface area contributed by atoms with Gasteiger partial charge < -0.3 is 14.7 Å². The first-order valence-corrected chi connectivity index (χ1v) is 6.45. The van der Waals surface area contributed by atoms with E-state index in [4.69, 9.17) is 9.84 Å². The molecule has 0 saturated carbocycles.